The molecule has 2 heteroatoms. The summed E-state index contributed by atoms with van der Waals surface area (Å²) in [6.45, 7) is 2.35. The van der Waals surface area contributed by atoms with E-state index in [1.54, 1.807) is 0 Å². The van der Waals surface area contributed by atoms with Gasteiger partial charge in [0.2, 0.25) is 0 Å². The highest BCUT2D eigenvalue weighted by atomic mass is 16.5. The van der Waals surface area contributed by atoms with Gasteiger partial charge in [0.1, 0.15) is 6.61 Å². The molecule has 1 aliphatic carbocycles. The van der Waals surface area contributed by atoms with Gasteiger partial charge >= 0.3 is 5.97 Å². The van der Waals surface area contributed by atoms with E-state index in [0.717, 1.165) is 12.8 Å². The number of rotatable bonds is 4. The van der Waals surface area contributed by atoms with Crippen molar-refractivity contribution >= 4 is 5.97 Å². The van der Waals surface area contributed by atoms with Crippen LogP contribution in [0.1, 0.15) is 19.8 Å². The summed E-state index contributed by atoms with van der Waals surface area (Å²) in [5.74, 6) is 0.167. The summed E-state index contributed by atoms with van der Waals surface area (Å²) in [6.07, 6.45) is 9.57. The molecule has 0 amide bonds. The van der Waals surface area contributed by atoms with Crippen molar-refractivity contribution in [3.63, 3.8) is 0 Å². The van der Waals surface area contributed by atoms with Crippen molar-refractivity contribution in [2.75, 3.05) is 6.61 Å². The van der Waals surface area contributed by atoms with Gasteiger partial charge in [-0.25, -0.2) is 0 Å². The van der Waals surface area contributed by atoms with Crippen LogP contribution in [0.2, 0.25) is 0 Å². The van der Waals surface area contributed by atoms with Gasteiger partial charge in [0, 0.05) is 0 Å². The fourth-order valence-corrected chi connectivity index (χ4v) is 0.812. The molecule has 1 saturated carbocycles. The minimum absolute atomic E-state index is 0.0415. The summed E-state index contributed by atoms with van der Waals surface area (Å²) in [5.41, 5.74) is 0. The third kappa shape index (κ3) is 3.37. The molecule has 0 radical (unpaired) electrons. The second-order valence-corrected chi connectivity index (χ2v) is 2.86. The van der Waals surface area contributed by atoms with Crippen LogP contribution in [0.15, 0.2) is 24.3 Å². The van der Waals surface area contributed by atoms with Crippen LogP contribution in [-0.2, 0) is 9.53 Å². The zero-order valence-corrected chi connectivity index (χ0v) is 7.32. The number of hydrogen-bond donors (Lipinski definition) is 0. The van der Waals surface area contributed by atoms with E-state index < -0.39 is 0 Å². The Kier molecular flexibility index (Phi) is 3.58. The van der Waals surface area contributed by atoms with Crippen LogP contribution in [0, 0.1) is 5.92 Å². The summed E-state index contributed by atoms with van der Waals surface area (Å²) in [5, 5.41) is 0. The average Bonchev–Trinajstić information content (AvgIpc) is 2.86. The maximum absolute atomic E-state index is 11.0. The topological polar surface area (TPSA) is 26.3 Å². The van der Waals surface area contributed by atoms with E-state index in [-0.39, 0.29) is 11.9 Å². The van der Waals surface area contributed by atoms with Crippen molar-refractivity contribution in [1.82, 2.24) is 0 Å². The summed E-state index contributed by atoms with van der Waals surface area (Å²) in [4.78, 5) is 11.0. The van der Waals surface area contributed by atoms with Crippen LogP contribution in [0.3, 0.4) is 0 Å². The van der Waals surface area contributed by atoms with Crippen LogP contribution in [0.5, 0.6) is 0 Å². The molecule has 1 rings (SSSR count). The Morgan fingerprint density at radius 1 is 1.50 bits per heavy atom. The molecule has 0 aromatic rings. The molecule has 0 spiro atoms. The van der Waals surface area contributed by atoms with Gasteiger partial charge in [0.15, 0.2) is 0 Å². The molecular formula is C10H14O2. The summed E-state index contributed by atoms with van der Waals surface area (Å²) >= 11 is 0. The van der Waals surface area contributed by atoms with Gasteiger partial charge in [0.25, 0.3) is 0 Å². The predicted octanol–water partition coefficient (Wildman–Crippen LogP) is 2.07. The Bertz CT molecular complexity index is 200. The zero-order chi connectivity index (χ0) is 8.81. The lowest BCUT2D eigenvalue weighted by atomic mass is 10.4. The van der Waals surface area contributed by atoms with E-state index in [0.29, 0.717) is 6.61 Å². The molecule has 2 nitrogen and oxygen atoms in total. The van der Waals surface area contributed by atoms with E-state index in [2.05, 4.69) is 0 Å². The van der Waals surface area contributed by atoms with Crippen molar-refractivity contribution < 1.29 is 9.53 Å². The smallest absolute Gasteiger partial charge is 0.309 e. The van der Waals surface area contributed by atoms with E-state index in [1.165, 1.54) is 0 Å². The van der Waals surface area contributed by atoms with Crippen LogP contribution < -0.4 is 0 Å². The van der Waals surface area contributed by atoms with Crippen molar-refractivity contribution in [3.05, 3.63) is 24.3 Å². The molecule has 0 bridgehead atoms. The second-order valence-electron chi connectivity index (χ2n) is 2.86. The van der Waals surface area contributed by atoms with E-state index in [9.17, 15) is 4.79 Å². The molecule has 66 valence electrons. The van der Waals surface area contributed by atoms with Crippen molar-refractivity contribution in [3.8, 4) is 0 Å². The number of allylic oxidation sites excluding steroid dienone is 3. The molecule has 0 unspecified atom stereocenters. The van der Waals surface area contributed by atoms with Crippen LogP contribution in [-0.4, -0.2) is 12.6 Å². The average molecular weight is 166 g/mol. The minimum atomic E-state index is -0.0415. The van der Waals surface area contributed by atoms with Gasteiger partial charge in [-0.2, -0.15) is 0 Å². The van der Waals surface area contributed by atoms with E-state index in [1.807, 2.05) is 31.2 Å². The first-order valence-corrected chi connectivity index (χ1v) is 4.29. The van der Waals surface area contributed by atoms with Gasteiger partial charge in [-0.3, -0.25) is 4.79 Å². The van der Waals surface area contributed by atoms with Crippen molar-refractivity contribution in [1.29, 1.82) is 0 Å². The molecule has 0 N–H and O–H groups in total. The monoisotopic (exact) mass is 166 g/mol. The van der Waals surface area contributed by atoms with Crippen LogP contribution in [0.4, 0.5) is 0 Å². The summed E-state index contributed by atoms with van der Waals surface area (Å²) in [6, 6.07) is 0. The predicted molar refractivity (Wildman–Crippen MR) is 47.6 cm³/mol. The first-order valence-electron chi connectivity index (χ1n) is 4.29. The Morgan fingerprint density at radius 2 is 2.25 bits per heavy atom. The first-order chi connectivity index (χ1) is 5.84. The molecule has 1 fully saturated rings. The minimum Gasteiger partial charge on any atom is -0.461 e. The molecule has 0 saturated heterocycles. The molecule has 1 aliphatic rings. The summed E-state index contributed by atoms with van der Waals surface area (Å²) in [7, 11) is 0. The maximum atomic E-state index is 11.0. The number of carbonyl (C=O) groups excluding carboxylic acids is 1. The number of carbonyl (C=O) groups is 1. The summed E-state index contributed by atoms with van der Waals surface area (Å²) < 4.78 is 4.95. The zero-order valence-electron chi connectivity index (χ0n) is 7.32. The normalized spacial score (nSPS) is 17.4. The van der Waals surface area contributed by atoms with Gasteiger partial charge in [-0.05, 0) is 25.8 Å². The van der Waals surface area contributed by atoms with Crippen LogP contribution >= 0.6 is 0 Å². The van der Waals surface area contributed by atoms with Crippen LogP contribution in [0.25, 0.3) is 0 Å². The molecular weight excluding hydrogens is 152 g/mol. The second kappa shape index (κ2) is 4.75. The standard InChI is InChI=1S/C10H14O2/c1-2-3-4-5-8-12-10(11)9-6-7-9/h2-5,9H,6-8H2,1H3/b3-2-,5-4-. The first kappa shape index (κ1) is 9.04. The van der Waals surface area contributed by atoms with Crippen molar-refractivity contribution in [2.45, 2.75) is 19.8 Å². The molecule has 0 aliphatic heterocycles. The lowest BCUT2D eigenvalue weighted by molar-refractivity contribution is -0.143. The fraction of sp³-hybridized carbons (Fsp3) is 0.500. The quantitative estimate of drug-likeness (QED) is 0.472. The Morgan fingerprint density at radius 3 is 2.83 bits per heavy atom. The fourth-order valence-electron chi connectivity index (χ4n) is 0.812. The number of esters is 1. The van der Waals surface area contributed by atoms with Gasteiger partial charge in [-0.15, -0.1) is 0 Å². The highest BCUT2D eigenvalue weighted by Crippen LogP contribution is 2.29. The lowest BCUT2D eigenvalue weighted by Gasteiger charge is -1.97. The third-order valence-corrected chi connectivity index (χ3v) is 1.67. The largest absolute Gasteiger partial charge is 0.461 e. The highest BCUT2D eigenvalue weighted by Gasteiger charge is 2.30. The van der Waals surface area contributed by atoms with E-state index >= 15 is 0 Å². The molecule has 0 aromatic carbocycles. The Hall–Kier alpha value is -1.05. The lowest BCUT2D eigenvalue weighted by Crippen LogP contribution is -2.05. The molecule has 12 heavy (non-hydrogen) atoms. The SMILES string of the molecule is C/C=C\C=C/COC(=O)C1CC1. The Labute approximate surface area is 72.9 Å². The third-order valence-electron chi connectivity index (χ3n) is 1.67. The molecule has 0 heterocycles. The van der Waals surface area contributed by atoms with Gasteiger partial charge < -0.3 is 4.74 Å². The maximum Gasteiger partial charge on any atom is 0.309 e. The van der Waals surface area contributed by atoms with Crippen molar-refractivity contribution in [2.24, 2.45) is 5.92 Å². The highest BCUT2D eigenvalue weighted by molar-refractivity contribution is 5.74. The number of hydrogen-bond acceptors (Lipinski definition) is 2. The Balaban J connectivity index is 2.04. The van der Waals surface area contributed by atoms with Gasteiger partial charge in [-0.1, -0.05) is 18.2 Å². The molecule has 0 atom stereocenters. The molecule has 0 aromatic heterocycles. The van der Waals surface area contributed by atoms with Gasteiger partial charge in [0.05, 0.1) is 5.92 Å². The van der Waals surface area contributed by atoms with E-state index in [4.69, 9.17) is 4.74 Å². The number of ether oxygens (including phenoxy) is 1.